The fraction of sp³-hybridized carbons (Fsp3) is 0.333. The zero-order valence-corrected chi connectivity index (χ0v) is 15.8. The van der Waals surface area contributed by atoms with E-state index in [1.54, 1.807) is 12.1 Å². The summed E-state index contributed by atoms with van der Waals surface area (Å²) in [6, 6.07) is 6.15. The maximum atomic E-state index is 14.5. The second-order valence-corrected chi connectivity index (χ2v) is 7.53. The van der Waals surface area contributed by atoms with E-state index in [9.17, 15) is 14.5 Å². The van der Waals surface area contributed by atoms with Gasteiger partial charge in [-0.3, -0.25) is 15.1 Å². The Morgan fingerprint density at radius 3 is 2.89 bits per heavy atom. The highest BCUT2D eigenvalue weighted by molar-refractivity contribution is 8.13. The molecule has 2 N–H and O–H groups in total. The number of benzene rings is 1. The van der Waals surface area contributed by atoms with E-state index < -0.39 is 10.5 Å². The molecule has 0 fully saturated rings. The average Bonchev–Trinajstić information content (AvgIpc) is 2.63. The standard InChI is InChI=1S/C18H19FN4O3S/c1-18(5-6-27-17(20)22-18)13-7-11(3-4-14(13)19)8-15-16(26-2)9-12(10-21-15)23(24)25/h3-4,7,9-10H,5-6,8H2,1-2H3,(H2,20,22)/t18-/m0/s1. The molecule has 0 saturated carbocycles. The van der Waals surface area contributed by atoms with Gasteiger partial charge in [0.2, 0.25) is 0 Å². The molecule has 0 aliphatic carbocycles. The maximum absolute atomic E-state index is 14.5. The molecule has 0 spiro atoms. The van der Waals surface area contributed by atoms with Crippen molar-refractivity contribution in [2.75, 3.05) is 12.9 Å². The van der Waals surface area contributed by atoms with Gasteiger partial charge >= 0.3 is 0 Å². The van der Waals surface area contributed by atoms with Crippen molar-refractivity contribution in [1.82, 2.24) is 4.98 Å². The predicted molar refractivity (Wildman–Crippen MR) is 103 cm³/mol. The van der Waals surface area contributed by atoms with Crippen LogP contribution in [0.5, 0.6) is 5.75 Å². The van der Waals surface area contributed by atoms with Crippen LogP contribution in [0.1, 0.15) is 30.2 Å². The van der Waals surface area contributed by atoms with E-state index in [-0.39, 0.29) is 11.5 Å². The van der Waals surface area contributed by atoms with Crippen LogP contribution >= 0.6 is 11.8 Å². The van der Waals surface area contributed by atoms with E-state index in [0.29, 0.717) is 35.0 Å². The fourth-order valence-corrected chi connectivity index (χ4v) is 4.02. The van der Waals surface area contributed by atoms with Crippen molar-refractivity contribution in [2.45, 2.75) is 25.3 Å². The molecule has 7 nitrogen and oxygen atoms in total. The van der Waals surface area contributed by atoms with Crippen molar-refractivity contribution in [1.29, 1.82) is 0 Å². The Morgan fingerprint density at radius 1 is 1.44 bits per heavy atom. The third-order valence-corrected chi connectivity index (χ3v) is 5.32. The number of halogens is 1. The van der Waals surface area contributed by atoms with Crippen molar-refractivity contribution in [2.24, 2.45) is 10.7 Å². The Morgan fingerprint density at radius 2 is 2.22 bits per heavy atom. The molecule has 2 aromatic rings. The van der Waals surface area contributed by atoms with E-state index in [2.05, 4.69) is 9.98 Å². The number of aromatic nitrogens is 1. The Hall–Kier alpha value is -2.68. The van der Waals surface area contributed by atoms with Gasteiger partial charge < -0.3 is 10.5 Å². The fourth-order valence-electron chi connectivity index (χ4n) is 3.04. The molecular weight excluding hydrogens is 371 g/mol. The average molecular weight is 390 g/mol. The summed E-state index contributed by atoms with van der Waals surface area (Å²) in [7, 11) is 1.43. The van der Waals surface area contributed by atoms with Crippen LogP contribution in [0, 0.1) is 15.9 Å². The van der Waals surface area contributed by atoms with Crippen LogP contribution in [-0.2, 0) is 12.0 Å². The van der Waals surface area contributed by atoms with Gasteiger partial charge in [0.25, 0.3) is 5.69 Å². The molecule has 0 unspecified atom stereocenters. The van der Waals surface area contributed by atoms with Gasteiger partial charge in [0.05, 0.1) is 29.3 Å². The molecule has 27 heavy (non-hydrogen) atoms. The first-order valence-corrected chi connectivity index (χ1v) is 9.25. The van der Waals surface area contributed by atoms with Crippen LogP contribution in [-0.4, -0.2) is 27.9 Å². The van der Waals surface area contributed by atoms with Crippen molar-refractivity contribution in [3.63, 3.8) is 0 Å². The monoisotopic (exact) mass is 390 g/mol. The van der Waals surface area contributed by atoms with Crippen LogP contribution in [0.3, 0.4) is 0 Å². The van der Waals surface area contributed by atoms with Gasteiger partial charge in [-0.2, -0.15) is 0 Å². The third kappa shape index (κ3) is 4.02. The molecule has 1 atom stereocenters. The predicted octanol–water partition coefficient (Wildman–Crippen LogP) is 3.40. The molecule has 2 heterocycles. The molecule has 9 heteroatoms. The number of nitro groups is 1. The van der Waals surface area contributed by atoms with Crippen LogP contribution in [0.4, 0.5) is 10.1 Å². The minimum absolute atomic E-state index is 0.146. The topological polar surface area (TPSA) is 104 Å². The zero-order chi connectivity index (χ0) is 19.6. The molecule has 0 bridgehead atoms. The Balaban J connectivity index is 1.96. The van der Waals surface area contributed by atoms with Gasteiger partial charge in [-0.05, 0) is 25.0 Å². The van der Waals surface area contributed by atoms with Crippen molar-refractivity contribution in [3.8, 4) is 5.75 Å². The summed E-state index contributed by atoms with van der Waals surface area (Å²) in [4.78, 5) is 19.0. The van der Waals surface area contributed by atoms with E-state index in [4.69, 9.17) is 10.5 Å². The molecule has 1 aromatic heterocycles. The van der Waals surface area contributed by atoms with E-state index in [0.717, 1.165) is 11.3 Å². The third-order valence-electron chi connectivity index (χ3n) is 4.53. The number of aliphatic imine (C=N–C) groups is 1. The first-order valence-electron chi connectivity index (χ1n) is 8.27. The summed E-state index contributed by atoms with van der Waals surface area (Å²) < 4.78 is 19.8. The summed E-state index contributed by atoms with van der Waals surface area (Å²) in [5.74, 6) is 0.749. The van der Waals surface area contributed by atoms with Crippen LogP contribution in [0.2, 0.25) is 0 Å². The number of ether oxygens (including phenoxy) is 1. The first kappa shape index (κ1) is 19.1. The lowest BCUT2D eigenvalue weighted by molar-refractivity contribution is -0.385. The number of hydrogen-bond acceptors (Lipinski definition) is 7. The lowest BCUT2D eigenvalue weighted by atomic mass is 9.87. The smallest absolute Gasteiger partial charge is 0.291 e. The van der Waals surface area contributed by atoms with Crippen LogP contribution in [0.15, 0.2) is 35.5 Å². The molecule has 3 rings (SSSR count). The summed E-state index contributed by atoms with van der Waals surface area (Å²) in [5.41, 5.74) is 6.80. The van der Waals surface area contributed by atoms with Gasteiger partial charge in [0.1, 0.15) is 17.8 Å². The van der Waals surface area contributed by atoms with Crippen LogP contribution in [0.25, 0.3) is 0 Å². The zero-order valence-electron chi connectivity index (χ0n) is 14.9. The van der Waals surface area contributed by atoms with E-state index in [1.165, 1.54) is 37.2 Å². The molecule has 1 aliphatic rings. The lowest BCUT2D eigenvalue weighted by Crippen LogP contribution is -2.29. The number of amidine groups is 1. The number of thioether (sulfide) groups is 1. The molecule has 1 aliphatic heterocycles. The highest BCUT2D eigenvalue weighted by atomic mass is 32.2. The number of nitrogens with two attached hydrogens (primary N) is 1. The van der Waals surface area contributed by atoms with Crippen molar-refractivity contribution < 1.29 is 14.1 Å². The largest absolute Gasteiger partial charge is 0.495 e. The van der Waals surface area contributed by atoms with E-state index in [1.807, 2.05) is 6.92 Å². The quantitative estimate of drug-likeness (QED) is 0.620. The molecular formula is C18H19FN4O3S. The highest BCUT2D eigenvalue weighted by Crippen LogP contribution is 2.37. The summed E-state index contributed by atoms with van der Waals surface area (Å²) >= 11 is 1.46. The first-order chi connectivity index (χ1) is 12.8. The normalized spacial score (nSPS) is 19.4. The Kier molecular flexibility index (Phi) is 5.31. The van der Waals surface area contributed by atoms with E-state index >= 15 is 0 Å². The second kappa shape index (κ2) is 7.51. The lowest BCUT2D eigenvalue weighted by Gasteiger charge is -2.30. The maximum Gasteiger partial charge on any atom is 0.291 e. The summed E-state index contributed by atoms with van der Waals surface area (Å²) in [6.07, 6.45) is 2.21. The highest BCUT2D eigenvalue weighted by Gasteiger charge is 2.32. The molecule has 0 saturated heterocycles. The van der Waals surface area contributed by atoms with Gasteiger partial charge in [0, 0.05) is 17.7 Å². The van der Waals surface area contributed by atoms with Crippen molar-refractivity contribution in [3.05, 3.63) is 63.2 Å². The number of hydrogen-bond donors (Lipinski definition) is 1. The van der Waals surface area contributed by atoms with Crippen molar-refractivity contribution >= 4 is 22.6 Å². The Labute approximate surface area is 160 Å². The van der Waals surface area contributed by atoms with Gasteiger partial charge in [-0.1, -0.05) is 23.9 Å². The molecule has 142 valence electrons. The minimum atomic E-state index is -0.720. The Bertz CT molecular complexity index is 921. The van der Waals surface area contributed by atoms with Gasteiger partial charge in [-0.25, -0.2) is 9.37 Å². The van der Waals surface area contributed by atoms with Gasteiger partial charge in [-0.15, -0.1) is 0 Å². The number of nitrogens with zero attached hydrogens (tertiary/aromatic N) is 3. The SMILES string of the molecule is COc1cc([N+](=O)[O-])cnc1Cc1ccc(F)c([C@]2(C)CCSC(N)=N2)c1. The number of rotatable bonds is 5. The number of methoxy groups -OCH3 is 1. The van der Waals surface area contributed by atoms with Crippen LogP contribution < -0.4 is 10.5 Å². The molecule has 1 aromatic carbocycles. The summed E-state index contributed by atoms with van der Waals surface area (Å²) in [6.45, 7) is 1.87. The minimum Gasteiger partial charge on any atom is -0.495 e. The molecule has 0 radical (unpaired) electrons. The van der Waals surface area contributed by atoms with Gasteiger partial charge in [0.15, 0.2) is 5.17 Å². The number of pyridine rings is 1. The summed E-state index contributed by atoms with van der Waals surface area (Å²) in [5, 5.41) is 11.4. The molecule has 0 amide bonds. The second-order valence-electron chi connectivity index (χ2n) is 6.41.